The molecule has 0 saturated carbocycles. The minimum absolute atomic E-state index is 0.0144. The van der Waals surface area contributed by atoms with Crippen molar-refractivity contribution < 1.29 is 33.5 Å². The van der Waals surface area contributed by atoms with E-state index in [9.17, 15) is 28.8 Å². The molecule has 2 aliphatic heterocycles. The lowest BCUT2D eigenvalue weighted by Crippen LogP contribution is -2.59. The van der Waals surface area contributed by atoms with Crippen LogP contribution in [0.5, 0.6) is 0 Å². The lowest BCUT2D eigenvalue weighted by atomic mass is 9.98. The summed E-state index contributed by atoms with van der Waals surface area (Å²) < 4.78 is 5.80. The molecule has 1 aliphatic carbocycles. The van der Waals surface area contributed by atoms with Crippen LogP contribution in [0.2, 0.25) is 0 Å². The van der Waals surface area contributed by atoms with Crippen LogP contribution in [-0.2, 0) is 35.1 Å². The zero-order chi connectivity index (χ0) is 43.8. The van der Waals surface area contributed by atoms with E-state index in [1.54, 1.807) is 18.3 Å². The molecule has 1 aromatic heterocycles. The number of benzene rings is 3. The number of aromatic nitrogens is 1. The number of nitrogens with two attached hydrogens (primary N) is 3. The predicted molar refractivity (Wildman–Crippen MR) is 232 cm³/mol. The van der Waals surface area contributed by atoms with Gasteiger partial charge in [0.25, 0.3) is 0 Å². The largest absolute Gasteiger partial charge is 0.449 e. The number of aromatic amines is 1. The van der Waals surface area contributed by atoms with Crippen molar-refractivity contribution in [3.8, 4) is 11.1 Å². The quantitative estimate of drug-likeness (QED) is 0.0501. The highest BCUT2D eigenvalue weighted by atomic mass is 16.5. The number of ether oxygens (including phenoxy) is 1. The Kier molecular flexibility index (Phi) is 13.5. The second-order valence-corrected chi connectivity index (χ2v) is 15.8. The lowest BCUT2D eigenvalue weighted by molar-refractivity contribution is -0.141. The lowest BCUT2D eigenvalue weighted by Gasteiger charge is -2.30. The summed E-state index contributed by atoms with van der Waals surface area (Å²) >= 11 is 0. The maximum atomic E-state index is 14.4. The van der Waals surface area contributed by atoms with Crippen LogP contribution in [0.25, 0.3) is 22.0 Å². The molecule has 0 radical (unpaired) electrons. The summed E-state index contributed by atoms with van der Waals surface area (Å²) in [6.45, 7) is 0.402. The first kappa shape index (κ1) is 42.9. The molecule has 1 fully saturated rings. The number of amides is 6. The third-order valence-corrected chi connectivity index (χ3v) is 11.7. The maximum Gasteiger partial charge on any atom is 0.407 e. The number of carbonyl (C=O) groups is 6. The van der Waals surface area contributed by atoms with Gasteiger partial charge in [-0.2, -0.15) is 0 Å². The number of H-pyrrole nitrogens is 1. The average Bonchev–Trinajstić information content (AvgIpc) is 4.00. The Morgan fingerprint density at radius 3 is 2.19 bits per heavy atom. The highest BCUT2D eigenvalue weighted by Gasteiger charge is 2.40. The summed E-state index contributed by atoms with van der Waals surface area (Å²) in [5.74, 6) is -3.64. The van der Waals surface area contributed by atoms with Gasteiger partial charge < -0.3 is 53.1 Å². The zero-order valence-electron chi connectivity index (χ0n) is 34.2. The van der Waals surface area contributed by atoms with Gasteiger partial charge in [-0.15, -0.1) is 0 Å². The molecule has 6 amide bonds. The molecule has 324 valence electrons. The number of nitrogens with zero attached hydrogens (tertiary/aromatic N) is 2. The van der Waals surface area contributed by atoms with Crippen LogP contribution in [0.15, 0.2) is 96.1 Å². The Labute approximate surface area is 358 Å². The molecule has 7 rings (SSSR count). The van der Waals surface area contributed by atoms with Crippen LogP contribution < -0.4 is 38.5 Å². The van der Waals surface area contributed by atoms with E-state index in [0.29, 0.717) is 12.8 Å². The van der Waals surface area contributed by atoms with Crippen LogP contribution in [0.1, 0.15) is 61.1 Å². The molecule has 3 aromatic carbocycles. The van der Waals surface area contributed by atoms with Crippen LogP contribution in [-0.4, -0.2) is 101 Å². The molecule has 0 spiro atoms. The number of hydrogen-bond donors (Lipinski definition) is 8. The summed E-state index contributed by atoms with van der Waals surface area (Å²) in [7, 11) is 0. The number of alkyl carbamates (subject to hydrolysis) is 1. The van der Waals surface area contributed by atoms with Crippen molar-refractivity contribution in [2.24, 2.45) is 22.2 Å². The Balaban J connectivity index is 1.15. The fourth-order valence-corrected chi connectivity index (χ4v) is 8.53. The van der Waals surface area contributed by atoms with E-state index >= 15 is 0 Å². The summed E-state index contributed by atoms with van der Waals surface area (Å²) in [6, 6.07) is 17.7. The van der Waals surface area contributed by atoms with E-state index in [2.05, 4.69) is 31.2 Å². The van der Waals surface area contributed by atoms with Crippen molar-refractivity contribution in [3.05, 3.63) is 108 Å². The monoisotopic (exact) mass is 844 g/mol. The highest BCUT2D eigenvalue weighted by Crippen LogP contribution is 2.44. The molecule has 62 heavy (non-hydrogen) atoms. The first-order valence-corrected chi connectivity index (χ1v) is 20.9. The molecule has 11 N–H and O–H groups in total. The average molecular weight is 845 g/mol. The van der Waals surface area contributed by atoms with E-state index in [0.717, 1.165) is 38.7 Å². The maximum absolute atomic E-state index is 14.4. The summed E-state index contributed by atoms with van der Waals surface area (Å²) in [4.78, 5) is 91.6. The zero-order valence-corrected chi connectivity index (χ0v) is 34.2. The SMILES string of the molecule is NC(=O)[C@@H]1C/C=C/C[C@H](NC(=O)OCC2c3ccccc3-c3ccccc32)C(=O)N2CCC[C@@H]2C(=O)N[C@@H](Cc2c[nH]c3ccccc23)C(=O)N[C@@H](CCCN=C(N)N)C(=O)N1. The number of rotatable bonds is 10. The van der Waals surface area contributed by atoms with Crippen molar-refractivity contribution in [3.63, 3.8) is 0 Å². The Bertz CT molecular complexity index is 2340. The second-order valence-electron chi connectivity index (χ2n) is 15.8. The summed E-state index contributed by atoms with van der Waals surface area (Å²) in [6.07, 6.45) is 5.21. The fourth-order valence-electron chi connectivity index (χ4n) is 8.53. The van der Waals surface area contributed by atoms with E-state index < -0.39 is 65.8 Å². The molecular weight excluding hydrogens is 793 g/mol. The van der Waals surface area contributed by atoms with Crippen LogP contribution in [0.3, 0.4) is 0 Å². The number of hydrogen-bond acceptors (Lipinski definition) is 8. The van der Waals surface area contributed by atoms with Crippen molar-refractivity contribution in [1.29, 1.82) is 0 Å². The van der Waals surface area contributed by atoms with Gasteiger partial charge in [0, 0.05) is 42.5 Å². The Morgan fingerprint density at radius 2 is 1.47 bits per heavy atom. The van der Waals surface area contributed by atoms with Gasteiger partial charge >= 0.3 is 6.09 Å². The van der Waals surface area contributed by atoms with Gasteiger partial charge in [0.2, 0.25) is 29.5 Å². The smallest absolute Gasteiger partial charge is 0.407 e. The van der Waals surface area contributed by atoms with E-state index in [-0.39, 0.29) is 63.7 Å². The first-order chi connectivity index (χ1) is 30.0. The number of fused-ring (bicyclic) bond motifs is 5. The molecule has 4 aromatic rings. The molecule has 0 bridgehead atoms. The Morgan fingerprint density at radius 1 is 0.806 bits per heavy atom. The van der Waals surface area contributed by atoms with E-state index in [1.165, 1.54) is 4.90 Å². The van der Waals surface area contributed by atoms with Crippen LogP contribution in [0.4, 0.5) is 4.79 Å². The van der Waals surface area contributed by atoms with Crippen LogP contribution in [0, 0.1) is 0 Å². The predicted octanol–water partition coefficient (Wildman–Crippen LogP) is 1.95. The normalized spacial score (nSPS) is 22.6. The number of para-hydroxylation sites is 1. The van der Waals surface area contributed by atoms with Gasteiger partial charge in [0.1, 0.15) is 36.8 Å². The third-order valence-electron chi connectivity index (χ3n) is 11.7. The molecule has 0 unspecified atom stereocenters. The molecule has 1 saturated heterocycles. The van der Waals surface area contributed by atoms with Crippen molar-refractivity contribution in [2.45, 2.75) is 81.1 Å². The topological polar surface area (TPSA) is 269 Å². The second kappa shape index (κ2) is 19.5. The highest BCUT2D eigenvalue weighted by molar-refractivity contribution is 5.97. The van der Waals surface area contributed by atoms with Crippen molar-refractivity contribution >= 4 is 52.5 Å². The molecule has 17 nitrogen and oxygen atoms in total. The van der Waals surface area contributed by atoms with E-state index in [1.807, 2.05) is 72.8 Å². The number of aliphatic imine (C=N–C) groups is 1. The molecule has 3 heterocycles. The standard InChI is InChI=1S/C45H52N10O7/c46-39(56)34-17-7-8-18-36(54-45(61)62-25-32-30-14-3-1-12-28(30)29-13-2-4-15-31(29)32)43(60)55-22-10-20-38(55)42(59)53-37(23-26-24-50-33-16-6-5-11-27(26)33)41(58)52-35(40(57)51-34)19-9-21-49-44(47)48/h1-8,11-16,24,32,34-38,50H,9-10,17-23,25H2,(H2,46,56)(H,51,57)(H,52,58)(H,53,59)(H,54,61)(H4,47,48,49)/b8-7+/t34-,35-,36-,37-,38+/m0/s1. The molecule has 17 heteroatoms. The van der Waals surface area contributed by atoms with Crippen molar-refractivity contribution in [1.82, 2.24) is 31.2 Å². The third kappa shape index (κ3) is 9.88. The fraction of sp³-hybridized carbons (Fsp3) is 0.356. The summed E-state index contributed by atoms with van der Waals surface area (Å²) in [5, 5.41) is 11.9. The van der Waals surface area contributed by atoms with Gasteiger partial charge in [0.15, 0.2) is 5.96 Å². The number of nitrogens with one attached hydrogen (secondary N) is 5. The minimum atomic E-state index is -1.20. The van der Waals surface area contributed by atoms with Gasteiger partial charge in [-0.25, -0.2) is 4.79 Å². The van der Waals surface area contributed by atoms with Gasteiger partial charge in [-0.3, -0.25) is 29.0 Å². The van der Waals surface area contributed by atoms with Crippen LogP contribution >= 0.6 is 0 Å². The van der Waals surface area contributed by atoms with Gasteiger partial charge in [-0.1, -0.05) is 78.9 Å². The number of primary amides is 1. The molecule has 3 aliphatic rings. The minimum Gasteiger partial charge on any atom is -0.449 e. The number of guanidine groups is 1. The summed E-state index contributed by atoms with van der Waals surface area (Å²) in [5.41, 5.74) is 22.5. The van der Waals surface area contributed by atoms with Crippen molar-refractivity contribution in [2.75, 3.05) is 19.7 Å². The van der Waals surface area contributed by atoms with Gasteiger partial charge in [-0.05, 0) is 72.4 Å². The number of carbonyl (C=O) groups excluding carboxylic acids is 6. The van der Waals surface area contributed by atoms with Gasteiger partial charge in [0.05, 0.1) is 0 Å². The molecular formula is C45H52N10O7. The molecule has 5 atom stereocenters. The first-order valence-electron chi connectivity index (χ1n) is 20.9. The Hall–Kier alpha value is -7.17. The van der Waals surface area contributed by atoms with E-state index in [4.69, 9.17) is 21.9 Å².